The number of hydrogen-bond acceptors (Lipinski definition) is 2. The van der Waals surface area contributed by atoms with Gasteiger partial charge < -0.3 is 5.73 Å². The lowest BCUT2D eigenvalue weighted by Gasteiger charge is -2.25. The Kier molecular flexibility index (Phi) is 3.05. The van der Waals surface area contributed by atoms with Crippen molar-refractivity contribution in [1.82, 2.24) is 10.2 Å². The number of benzene rings is 1. The molecule has 0 spiro atoms. The van der Waals surface area contributed by atoms with Crippen molar-refractivity contribution < 1.29 is 0 Å². The summed E-state index contributed by atoms with van der Waals surface area (Å²) in [5.74, 6) is 1.48. The Morgan fingerprint density at radius 2 is 2.11 bits per heavy atom. The van der Waals surface area contributed by atoms with Crippen molar-refractivity contribution in [3.05, 3.63) is 35.5 Å². The van der Waals surface area contributed by atoms with Crippen LogP contribution in [0.5, 0.6) is 0 Å². The summed E-state index contributed by atoms with van der Waals surface area (Å²) in [5.41, 5.74) is 11.7. The van der Waals surface area contributed by atoms with Crippen LogP contribution < -0.4 is 5.73 Å². The highest BCUT2D eigenvalue weighted by molar-refractivity contribution is 5.76. The predicted octanol–water partition coefficient (Wildman–Crippen LogP) is 3.42. The largest absolute Gasteiger partial charge is 0.398 e. The van der Waals surface area contributed by atoms with Gasteiger partial charge in [-0.15, -0.1) is 0 Å². The van der Waals surface area contributed by atoms with Gasteiger partial charge in [0.15, 0.2) is 0 Å². The maximum absolute atomic E-state index is 6.09. The fourth-order valence-electron chi connectivity index (χ4n) is 3.03. The van der Waals surface area contributed by atoms with E-state index in [9.17, 15) is 0 Å². The minimum Gasteiger partial charge on any atom is -0.398 e. The number of aryl methyl sites for hydroxylation is 1. The number of fused-ring (bicyclic) bond motifs is 1. The highest BCUT2D eigenvalue weighted by Gasteiger charge is 2.26. The second-order valence-corrected chi connectivity index (χ2v) is 5.86. The maximum atomic E-state index is 6.09. The van der Waals surface area contributed by atoms with Crippen LogP contribution in [0.1, 0.15) is 31.5 Å². The number of anilines is 1. The van der Waals surface area contributed by atoms with Gasteiger partial charge in [-0.05, 0) is 37.2 Å². The van der Waals surface area contributed by atoms with Gasteiger partial charge >= 0.3 is 0 Å². The SMILES string of the molecule is CC(C)C1CCc2[nH]nc(-c3ccccc3N)c2C1. The molecule has 1 heterocycles. The van der Waals surface area contributed by atoms with Crippen LogP contribution in [-0.2, 0) is 12.8 Å². The fraction of sp³-hybridized carbons (Fsp3) is 0.438. The average Bonchev–Trinajstić information content (AvgIpc) is 2.82. The first-order valence-corrected chi connectivity index (χ1v) is 7.07. The first-order chi connectivity index (χ1) is 9.16. The van der Waals surface area contributed by atoms with Crippen LogP contribution in [0.4, 0.5) is 5.69 Å². The molecule has 1 aromatic heterocycles. The zero-order valence-corrected chi connectivity index (χ0v) is 11.6. The van der Waals surface area contributed by atoms with Crippen molar-refractivity contribution >= 4 is 5.69 Å². The van der Waals surface area contributed by atoms with E-state index in [1.807, 2.05) is 18.2 Å². The quantitative estimate of drug-likeness (QED) is 0.808. The molecule has 3 nitrogen and oxygen atoms in total. The third kappa shape index (κ3) is 2.14. The second kappa shape index (κ2) is 4.72. The normalized spacial score (nSPS) is 18.6. The third-order valence-electron chi connectivity index (χ3n) is 4.34. The van der Waals surface area contributed by atoms with Crippen LogP contribution in [0.2, 0.25) is 0 Å². The Bertz CT molecular complexity index is 583. The summed E-state index contributed by atoms with van der Waals surface area (Å²) in [6.07, 6.45) is 3.49. The number of aromatic amines is 1. The van der Waals surface area contributed by atoms with E-state index in [4.69, 9.17) is 5.73 Å². The summed E-state index contributed by atoms with van der Waals surface area (Å²) < 4.78 is 0. The van der Waals surface area contributed by atoms with E-state index in [1.54, 1.807) is 0 Å². The summed E-state index contributed by atoms with van der Waals surface area (Å²) >= 11 is 0. The van der Waals surface area contributed by atoms with Gasteiger partial charge in [-0.1, -0.05) is 32.0 Å². The van der Waals surface area contributed by atoms with Gasteiger partial charge in [0.2, 0.25) is 0 Å². The molecule has 1 aliphatic carbocycles. The van der Waals surface area contributed by atoms with Crippen molar-refractivity contribution in [3.8, 4) is 11.3 Å². The Hall–Kier alpha value is -1.77. The van der Waals surface area contributed by atoms with Crippen LogP contribution in [0.3, 0.4) is 0 Å². The fourth-order valence-corrected chi connectivity index (χ4v) is 3.03. The monoisotopic (exact) mass is 255 g/mol. The van der Waals surface area contributed by atoms with E-state index in [1.165, 1.54) is 17.7 Å². The average molecular weight is 255 g/mol. The van der Waals surface area contributed by atoms with Crippen LogP contribution >= 0.6 is 0 Å². The van der Waals surface area contributed by atoms with E-state index in [-0.39, 0.29) is 0 Å². The number of para-hydroxylation sites is 1. The lowest BCUT2D eigenvalue weighted by atomic mass is 9.79. The van der Waals surface area contributed by atoms with Gasteiger partial charge in [0.1, 0.15) is 0 Å². The van der Waals surface area contributed by atoms with Crippen molar-refractivity contribution in [2.45, 2.75) is 33.1 Å². The van der Waals surface area contributed by atoms with Crippen LogP contribution in [0, 0.1) is 11.8 Å². The first kappa shape index (κ1) is 12.3. The molecule has 3 N–H and O–H groups in total. The number of nitrogens with zero attached hydrogens (tertiary/aromatic N) is 1. The summed E-state index contributed by atoms with van der Waals surface area (Å²) in [6, 6.07) is 7.99. The summed E-state index contributed by atoms with van der Waals surface area (Å²) in [4.78, 5) is 0. The van der Waals surface area contributed by atoms with Crippen LogP contribution in [0.15, 0.2) is 24.3 Å². The number of nitrogen functional groups attached to an aromatic ring is 1. The molecular formula is C16H21N3. The topological polar surface area (TPSA) is 54.7 Å². The number of nitrogens with one attached hydrogen (secondary N) is 1. The summed E-state index contributed by atoms with van der Waals surface area (Å²) in [6.45, 7) is 4.62. The Balaban J connectivity index is 2.02. The molecule has 19 heavy (non-hydrogen) atoms. The molecule has 1 unspecified atom stereocenters. The molecule has 0 aliphatic heterocycles. The van der Waals surface area contributed by atoms with Crippen LogP contribution in [0.25, 0.3) is 11.3 Å². The van der Waals surface area contributed by atoms with Crippen LogP contribution in [-0.4, -0.2) is 10.2 Å². The van der Waals surface area contributed by atoms with E-state index >= 15 is 0 Å². The number of aromatic nitrogens is 2. The van der Waals surface area contributed by atoms with Gasteiger partial charge in [0, 0.05) is 22.5 Å². The minimum atomic E-state index is 0.726. The number of rotatable bonds is 2. The molecule has 0 radical (unpaired) electrons. The zero-order chi connectivity index (χ0) is 13.4. The first-order valence-electron chi connectivity index (χ1n) is 7.07. The van der Waals surface area contributed by atoms with Gasteiger partial charge in [-0.2, -0.15) is 5.10 Å². The van der Waals surface area contributed by atoms with E-state index in [0.717, 1.165) is 41.6 Å². The van der Waals surface area contributed by atoms with Crippen molar-refractivity contribution in [2.24, 2.45) is 11.8 Å². The number of H-pyrrole nitrogens is 1. The molecule has 0 bridgehead atoms. The molecule has 3 heteroatoms. The summed E-state index contributed by atoms with van der Waals surface area (Å²) in [5, 5.41) is 7.72. The lowest BCUT2D eigenvalue weighted by Crippen LogP contribution is -2.18. The lowest BCUT2D eigenvalue weighted by molar-refractivity contribution is 0.342. The standard InChI is InChI=1S/C16H21N3/c1-10(2)11-7-8-15-13(9-11)16(19-18-15)12-5-3-4-6-14(12)17/h3-6,10-11H,7-9,17H2,1-2H3,(H,18,19). The molecule has 2 aromatic rings. The zero-order valence-electron chi connectivity index (χ0n) is 11.6. The smallest absolute Gasteiger partial charge is 0.0976 e. The molecular weight excluding hydrogens is 234 g/mol. The molecule has 0 saturated carbocycles. The highest BCUT2D eigenvalue weighted by atomic mass is 15.1. The summed E-state index contributed by atoms with van der Waals surface area (Å²) in [7, 11) is 0. The van der Waals surface area contributed by atoms with E-state index in [0.29, 0.717) is 0 Å². The predicted molar refractivity (Wildman–Crippen MR) is 78.8 cm³/mol. The number of hydrogen-bond donors (Lipinski definition) is 2. The van der Waals surface area contributed by atoms with Gasteiger partial charge in [0.05, 0.1) is 5.69 Å². The van der Waals surface area contributed by atoms with Gasteiger partial charge in [-0.25, -0.2) is 0 Å². The molecule has 0 fully saturated rings. The van der Waals surface area contributed by atoms with Gasteiger partial charge in [-0.3, -0.25) is 5.10 Å². The Labute approximate surface area is 114 Å². The maximum Gasteiger partial charge on any atom is 0.0976 e. The number of nitrogens with two attached hydrogens (primary N) is 1. The highest BCUT2D eigenvalue weighted by Crippen LogP contribution is 2.36. The van der Waals surface area contributed by atoms with E-state index < -0.39 is 0 Å². The molecule has 100 valence electrons. The second-order valence-electron chi connectivity index (χ2n) is 5.86. The van der Waals surface area contributed by atoms with Crippen molar-refractivity contribution in [3.63, 3.8) is 0 Å². The van der Waals surface area contributed by atoms with Gasteiger partial charge in [0.25, 0.3) is 0 Å². The molecule has 1 aromatic carbocycles. The molecule has 1 aliphatic rings. The third-order valence-corrected chi connectivity index (χ3v) is 4.34. The molecule has 3 rings (SSSR count). The molecule has 0 amide bonds. The van der Waals surface area contributed by atoms with E-state index in [2.05, 4.69) is 30.1 Å². The molecule has 0 saturated heterocycles. The molecule has 1 atom stereocenters. The Morgan fingerprint density at radius 1 is 1.32 bits per heavy atom. The Morgan fingerprint density at radius 3 is 2.84 bits per heavy atom. The minimum absolute atomic E-state index is 0.726. The van der Waals surface area contributed by atoms with Crippen molar-refractivity contribution in [2.75, 3.05) is 5.73 Å². The van der Waals surface area contributed by atoms with Crippen molar-refractivity contribution in [1.29, 1.82) is 0 Å².